The highest BCUT2D eigenvalue weighted by molar-refractivity contribution is 7.10. The minimum atomic E-state index is 0.0866. The third-order valence-electron chi connectivity index (χ3n) is 6.90. The van der Waals surface area contributed by atoms with E-state index in [0.717, 1.165) is 45.1 Å². The van der Waals surface area contributed by atoms with Gasteiger partial charge in [-0.2, -0.15) is 0 Å². The van der Waals surface area contributed by atoms with Crippen LogP contribution in [0.2, 0.25) is 0 Å². The highest BCUT2D eigenvalue weighted by Crippen LogP contribution is 2.36. The van der Waals surface area contributed by atoms with E-state index in [4.69, 9.17) is 4.74 Å². The van der Waals surface area contributed by atoms with E-state index in [1.54, 1.807) is 0 Å². The standard InChI is InChI=1S/C25H36N4OS/c1-20-8-3-4-9-21(20)25(11-15-30-16-12-25)19-28-24(26-2)27-18-22(23-10-7-17-31-23)29-13-5-6-14-29/h3-4,7-10,17,22H,5-6,11-16,18-19H2,1-2H3,(H2,26,27,28). The maximum absolute atomic E-state index is 5.72. The minimum Gasteiger partial charge on any atom is -0.381 e. The summed E-state index contributed by atoms with van der Waals surface area (Å²) in [7, 11) is 1.87. The Bertz CT molecular complexity index is 839. The summed E-state index contributed by atoms with van der Waals surface area (Å²) in [4.78, 5) is 8.59. The molecule has 1 atom stereocenters. The van der Waals surface area contributed by atoms with Crippen molar-refractivity contribution in [3.05, 3.63) is 57.8 Å². The highest BCUT2D eigenvalue weighted by Gasteiger charge is 2.35. The van der Waals surface area contributed by atoms with Gasteiger partial charge in [0.05, 0.1) is 6.04 Å². The largest absolute Gasteiger partial charge is 0.381 e. The van der Waals surface area contributed by atoms with Crippen molar-refractivity contribution in [2.75, 3.05) is 46.4 Å². The molecular formula is C25H36N4OS. The number of nitrogens with one attached hydrogen (secondary N) is 2. The molecule has 168 valence electrons. The molecule has 2 fully saturated rings. The lowest BCUT2D eigenvalue weighted by Crippen LogP contribution is -2.49. The van der Waals surface area contributed by atoms with Crippen LogP contribution in [0.25, 0.3) is 0 Å². The molecule has 31 heavy (non-hydrogen) atoms. The number of guanidine groups is 1. The third kappa shape index (κ3) is 5.30. The van der Waals surface area contributed by atoms with Gasteiger partial charge in [-0.3, -0.25) is 9.89 Å². The molecule has 2 aliphatic heterocycles. The molecule has 0 aliphatic carbocycles. The SMILES string of the molecule is CN=C(NCC(c1cccs1)N1CCCC1)NCC1(c2ccccc2C)CCOCC1. The highest BCUT2D eigenvalue weighted by atomic mass is 32.1. The summed E-state index contributed by atoms with van der Waals surface area (Å²) in [5.41, 5.74) is 2.89. The molecule has 0 radical (unpaired) electrons. The molecule has 0 saturated carbocycles. The second kappa shape index (κ2) is 10.6. The number of nitrogens with zero attached hydrogens (tertiary/aromatic N) is 2. The Balaban J connectivity index is 1.42. The Morgan fingerprint density at radius 3 is 2.58 bits per heavy atom. The monoisotopic (exact) mass is 440 g/mol. The lowest BCUT2D eigenvalue weighted by molar-refractivity contribution is 0.0511. The minimum absolute atomic E-state index is 0.0866. The van der Waals surface area contributed by atoms with Crippen molar-refractivity contribution in [3.8, 4) is 0 Å². The Labute approximate surface area is 190 Å². The average Bonchev–Trinajstić information content (AvgIpc) is 3.52. The van der Waals surface area contributed by atoms with Gasteiger partial charge in [-0.15, -0.1) is 11.3 Å². The first-order chi connectivity index (χ1) is 15.2. The van der Waals surface area contributed by atoms with E-state index in [9.17, 15) is 0 Å². The zero-order valence-electron chi connectivity index (χ0n) is 18.9. The fraction of sp³-hybridized carbons (Fsp3) is 0.560. The van der Waals surface area contributed by atoms with Crippen LogP contribution in [-0.2, 0) is 10.2 Å². The second-order valence-electron chi connectivity index (χ2n) is 8.79. The summed E-state index contributed by atoms with van der Waals surface area (Å²) >= 11 is 1.86. The zero-order chi connectivity index (χ0) is 21.5. The van der Waals surface area contributed by atoms with Crippen LogP contribution in [0.4, 0.5) is 0 Å². The van der Waals surface area contributed by atoms with Gasteiger partial charge in [0, 0.05) is 43.6 Å². The predicted octanol–water partition coefficient (Wildman–Crippen LogP) is 4.11. The normalized spacial score (nSPS) is 20.5. The van der Waals surface area contributed by atoms with Gasteiger partial charge in [0.25, 0.3) is 0 Å². The Kier molecular flexibility index (Phi) is 7.64. The van der Waals surface area contributed by atoms with Crippen molar-refractivity contribution in [3.63, 3.8) is 0 Å². The first kappa shape index (κ1) is 22.3. The quantitative estimate of drug-likeness (QED) is 0.503. The van der Waals surface area contributed by atoms with Crippen molar-refractivity contribution >= 4 is 17.3 Å². The van der Waals surface area contributed by atoms with E-state index in [1.807, 2.05) is 18.4 Å². The van der Waals surface area contributed by atoms with E-state index in [-0.39, 0.29) is 5.41 Å². The zero-order valence-corrected chi connectivity index (χ0v) is 19.7. The van der Waals surface area contributed by atoms with Crippen LogP contribution in [0.15, 0.2) is 46.8 Å². The summed E-state index contributed by atoms with van der Waals surface area (Å²) in [6.07, 6.45) is 4.67. The maximum Gasteiger partial charge on any atom is 0.191 e. The Hall–Kier alpha value is -1.89. The third-order valence-corrected chi connectivity index (χ3v) is 7.87. The Morgan fingerprint density at radius 1 is 1.13 bits per heavy atom. The molecule has 0 amide bonds. The van der Waals surface area contributed by atoms with Gasteiger partial charge < -0.3 is 15.4 Å². The molecule has 2 aliphatic rings. The summed E-state index contributed by atoms with van der Waals surface area (Å²) in [5, 5.41) is 9.48. The molecule has 1 aromatic carbocycles. The first-order valence-corrected chi connectivity index (χ1v) is 12.5. The van der Waals surface area contributed by atoms with Crippen LogP contribution in [0.3, 0.4) is 0 Å². The van der Waals surface area contributed by atoms with Gasteiger partial charge in [0.2, 0.25) is 0 Å². The summed E-state index contributed by atoms with van der Waals surface area (Å²) in [6, 6.07) is 13.6. The van der Waals surface area contributed by atoms with Crippen LogP contribution in [-0.4, -0.2) is 57.3 Å². The van der Waals surface area contributed by atoms with E-state index >= 15 is 0 Å². The molecule has 3 heterocycles. The molecule has 0 spiro atoms. The molecule has 2 saturated heterocycles. The molecule has 5 nitrogen and oxygen atoms in total. The number of thiophene rings is 1. The van der Waals surface area contributed by atoms with Crippen molar-refractivity contribution in [1.82, 2.24) is 15.5 Å². The van der Waals surface area contributed by atoms with Gasteiger partial charge in [0.15, 0.2) is 5.96 Å². The molecular weight excluding hydrogens is 404 g/mol. The number of aliphatic imine (C=N–C) groups is 1. The first-order valence-electron chi connectivity index (χ1n) is 11.6. The number of likely N-dealkylation sites (tertiary alicyclic amines) is 1. The second-order valence-corrected chi connectivity index (χ2v) is 9.77. The van der Waals surface area contributed by atoms with Gasteiger partial charge in [-0.05, 0) is 68.3 Å². The molecule has 0 bridgehead atoms. The van der Waals surface area contributed by atoms with Crippen molar-refractivity contribution in [1.29, 1.82) is 0 Å². The maximum atomic E-state index is 5.72. The average molecular weight is 441 g/mol. The van der Waals surface area contributed by atoms with Gasteiger partial charge in [0.1, 0.15) is 0 Å². The summed E-state index contributed by atoms with van der Waals surface area (Å²) in [6.45, 7) is 7.98. The lowest BCUT2D eigenvalue weighted by atomic mass is 9.72. The van der Waals surface area contributed by atoms with E-state index in [2.05, 4.69) is 69.2 Å². The van der Waals surface area contributed by atoms with E-state index in [1.165, 1.54) is 41.9 Å². The molecule has 1 unspecified atom stereocenters. The van der Waals surface area contributed by atoms with Crippen LogP contribution >= 0.6 is 11.3 Å². The number of aryl methyl sites for hydroxylation is 1. The van der Waals surface area contributed by atoms with Crippen LogP contribution in [0.1, 0.15) is 47.7 Å². The Morgan fingerprint density at radius 2 is 1.90 bits per heavy atom. The summed E-state index contributed by atoms with van der Waals surface area (Å²) < 4.78 is 5.72. The molecule has 2 aromatic rings. The van der Waals surface area contributed by atoms with Crippen molar-refractivity contribution < 1.29 is 4.74 Å². The van der Waals surface area contributed by atoms with Gasteiger partial charge >= 0.3 is 0 Å². The smallest absolute Gasteiger partial charge is 0.191 e. The molecule has 2 N–H and O–H groups in total. The van der Waals surface area contributed by atoms with Crippen LogP contribution < -0.4 is 10.6 Å². The number of hydrogen-bond acceptors (Lipinski definition) is 4. The topological polar surface area (TPSA) is 48.9 Å². The van der Waals surface area contributed by atoms with Gasteiger partial charge in [-0.25, -0.2) is 0 Å². The van der Waals surface area contributed by atoms with Crippen molar-refractivity contribution in [2.45, 2.75) is 44.1 Å². The lowest BCUT2D eigenvalue weighted by Gasteiger charge is -2.39. The molecule has 6 heteroatoms. The van der Waals surface area contributed by atoms with Crippen molar-refractivity contribution in [2.24, 2.45) is 4.99 Å². The number of ether oxygens (including phenoxy) is 1. The van der Waals surface area contributed by atoms with E-state index in [0.29, 0.717) is 6.04 Å². The van der Waals surface area contributed by atoms with Crippen LogP contribution in [0, 0.1) is 6.92 Å². The summed E-state index contributed by atoms with van der Waals surface area (Å²) in [5.74, 6) is 0.889. The number of hydrogen-bond donors (Lipinski definition) is 2. The molecule has 1 aromatic heterocycles. The van der Waals surface area contributed by atoms with Gasteiger partial charge in [-0.1, -0.05) is 30.3 Å². The van der Waals surface area contributed by atoms with Crippen LogP contribution in [0.5, 0.6) is 0 Å². The number of rotatable bonds is 7. The van der Waals surface area contributed by atoms with E-state index < -0.39 is 0 Å². The number of benzene rings is 1. The fourth-order valence-corrected chi connectivity index (χ4v) is 5.94. The predicted molar refractivity (Wildman–Crippen MR) is 130 cm³/mol. The molecule has 4 rings (SSSR count). The fourth-order valence-electron chi connectivity index (χ4n) is 5.08.